The molecule has 3 aromatic rings. The van der Waals surface area contributed by atoms with E-state index in [0.717, 1.165) is 46.7 Å². The average Bonchev–Trinajstić information content (AvgIpc) is 3.07. The Morgan fingerprint density at radius 3 is 2.92 bits per heavy atom. The summed E-state index contributed by atoms with van der Waals surface area (Å²) in [6.07, 6.45) is 2.21. The van der Waals surface area contributed by atoms with Crippen molar-refractivity contribution in [1.29, 1.82) is 0 Å². The summed E-state index contributed by atoms with van der Waals surface area (Å²) in [4.78, 5) is 4.19. The monoisotopic (exact) mass is 355 g/mol. The Kier molecular flexibility index (Phi) is 4.10. The summed E-state index contributed by atoms with van der Waals surface area (Å²) in [6, 6.07) is 13.4. The average molecular weight is 356 g/mol. The molecule has 2 heterocycles. The lowest BCUT2D eigenvalue weighted by atomic mass is 9.85. The van der Waals surface area contributed by atoms with Gasteiger partial charge in [-0.15, -0.1) is 0 Å². The van der Waals surface area contributed by atoms with Gasteiger partial charge in [-0.2, -0.15) is 0 Å². The number of hydrogen-bond acceptors (Lipinski definition) is 3. The zero-order valence-electron chi connectivity index (χ0n) is 13.9. The molecule has 4 rings (SSSR count). The van der Waals surface area contributed by atoms with Gasteiger partial charge >= 0.3 is 0 Å². The van der Waals surface area contributed by atoms with Crippen LogP contribution in [0.5, 0.6) is 0 Å². The highest BCUT2D eigenvalue weighted by Crippen LogP contribution is 2.36. The maximum Gasteiger partial charge on any atom is 0.142 e. The Balaban J connectivity index is 1.75. The van der Waals surface area contributed by atoms with E-state index in [0.29, 0.717) is 0 Å². The first-order chi connectivity index (χ1) is 12.1. The van der Waals surface area contributed by atoms with Crippen LogP contribution in [0.3, 0.4) is 0 Å². The molecule has 1 aliphatic heterocycles. The van der Waals surface area contributed by atoms with Crippen LogP contribution in [0.1, 0.15) is 17.5 Å². The van der Waals surface area contributed by atoms with Gasteiger partial charge in [0, 0.05) is 22.6 Å². The Labute approximate surface area is 151 Å². The Morgan fingerprint density at radius 2 is 2.12 bits per heavy atom. The van der Waals surface area contributed by atoms with E-state index in [1.807, 2.05) is 30.3 Å². The molecule has 1 saturated heterocycles. The van der Waals surface area contributed by atoms with Crippen LogP contribution in [0.25, 0.3) is 10.9 Å². The number of aromatic nitrogens is 1. The number of nitrogens with one attached hydrogen (secondary N) is 2. The van der Waals surface area contributed by atoms with Crippen molar-refractivity contribution in [2.75, 3.05) is 18.4 Å². The standard InChI is InChI=1S/C20H19ClFN3/c1-13-17(3-2-4-18(13)21)20(7-8-23-12-20)25-16-6-5-14-9-15(22)11-24-19(14)10-16/h2-6,9-11,23,25H,7-8,12H2,1H3/t20-/m0/s1. The summed E-state index contributed by atoms with van der Waals surface area (Å²) >= 11 is 6.36. The van der Waals surface area contributed by atoms with Gasteiger partial charge in [0.1, 0.15) is 5.82 Å². The molecular formula is C20H19ClFN3. The number of rotatable bonds is 3. The normalized spacial score (nSPS) is 20.1. The minimum Gasteiger partial charge on any atom is -0.374 e. The number of pyridine rings is 1. The van der Waals surface area contributed by atoms with Crippen molar-refractivity contribution in [2.45, 2.75) is 18.9 Å². The topological polar surface area (TPSA) is 37.0 Å². The SMILES string of the molecule is Cc1c(Cl)cccc1[C@]1(Nc2ccc3cc(F)cnc3c2)CCNC1. The molecule has 0 radical (unpaired) electrons. The molecule has 3 nitrogen and oxygen atoms in total. The molecule has 128 valence electrons. The molecule has 0 unspecified atom stereocenters. The highest BCUT2D eigenvalue weighted by atomic mass is 35.5. The predicted molar refractivity (Wildman–Crippen MR) is 101 cm³/mol. The van der Waals surface area contributed by atoms with E-state index >= 15 is 0 Å². The number of fused-ring (bicyclic) bond motifs is 1. The van der Waals surface area contributed by atoms with Gasteiger partial charge in [-0.25, -0.2) is 4.39 Å². The van der Waals surface area contributed by atoms with Crippen molar-refractivity contribution < 1.29 is 4.39 Å². The third-order valence-corrected chi connectivity index (χ3v) is 5.38. The fraction of sp³-hybridized carbons (Fsp3) is 0.250. The summed E-state index contributed by atoms with van der Waals surface area (Å²) in [6.45, 7) is 3.82. The minimum absolute atomic E-state index is 0.220. The van der Waals surface area contributed by atoms with Crippen LogP contribution < -0.4 is 10.6 Å². The molecule has 2 aromatic carbocycles. The fourth-order valence-corrected chi connectivity index (χ4v) is 3.84. The number of halogens is 2. The number of nitrogens with zero attached hydrogens (tertiary/aromatic N) is 1. The van der Waals surface area contributed by atoms with Crippen molar-refractivity contribution in [3.63, 3.8) is 0 Å². The Morgan fingerprint density at radius 1 is 1.24 bits per heavy atom. The lowest BCUT2D eigenvalue weighted by molar-refractivity contribution is 0.539. The molecule has 0 aliphatic carbocycles. The van der Waals surface area contributed by atoms with Gasteiger partial charge in [-0.3, -0.25) is 4.98 Å². The quantitative estimate of drug-likeness (QED) is 0.718. The van der Waals surface area contributed by atoms with E-state index in [-0.39, 0.29) is 11.4 Å². The Hall–Kier alpha value is -2.17. The van der Waals surface area contributed by atoms with Crippen molar-refractivity contribution >= 4 is 28.2 Å². The predicted octanol–water partition coefficient (Wildman–Crippen LogP) is 4.64. The van der Waals surface area contributed by atoms with Crippen LogP contribution in [-0.2, 0) is 5.54 Å². The molecular weight excluding hydrogens is 337 g/mol. The number of hydrogen-bond donors (Lipinski definition) is 2. The number of benzene rings is 2. The van der Waals surface area contributed by atoms with Crippen LogP contribution in [0, 0.1) is 12.7 Å². The van der Waals surface area contributed by atoms with Crippen molar-refractivity contribution in [3.8, 4) is 0 Å². The lowest BCUT2D eigenvalue weighted by Gasteiger charge is -2.33. The molecule has 1 aromatic heterocycles. The van der Waals surface area contributed by atoms with Crippen LogP contribution in [-0.4, -0.2) is 18.1 Å². The minimum atomic E-state index is -0.320. The van der Waals surface area contributed by atoms with Crippen molar-refractivity contribution in [1.82, 2.24) is 10.3 Å². The fourth-order valence-electron chi connectivity index (χ4n) is 3.67. The summed E-state index contributed by atoms with van der Waals surface area (Å²) in [5, 5.41) is 8.72. The summed E-state index contributed by atoms with van der Waals surface area (Å²) in [7, 11) is 0. The summed E-state index contributed by atoms with van der Waals surface area (Å²) in [5.74, 6) is -0.320. The maximum atomic E-state index is 13.3. The first-order valence-electron chi connectivity index (χ1n) is 8.37. The van der Waals surface area contributed by atoms with E-state index < -0.39 is 0 Å². The molecule has 1 atom stereocenters. The Bertz CT molecular complexity index is 935. The highest BCUT2D eigenvalue weighted by Gasteiger charge is 2.37. The van der Waals surface area contributed by atoms with Gasteiger partial charge < -0.3 is 10.6 Å². The molecule has 25 heavy (non-hydrogen) atoms. The molecule has 0 amide bonds. The zero-order valence-corrected chi connectivity index (χ0v) is 14.7. The van der Waals surface area contributed by atoms with Crippen LogP contribution in [0.2, 0.25) is 5.02 Å². The molecule has 1 aliphatic rings. The van der Waals surface area contributed by atoms with Crippen LogP contribution in [0.4, 0.5) is 10.1 Å². The maximum absolute atomic E-state index is 13.3. The lowest BCUT2D eigenvalue weighted by Crippen LogP contribution is -2.38. The largest absolute Gasteiger partial charge is 0.374 e. The molecule has 2 N–H and O–H groups in total. The number of anilines is 1. The third-order valence-electron chi connectivity index (χ3n) is 4.97. The first-order valence-corrected chi connectivity index (χ1v) is 8.75. The van der Waals surface area contributed by atoms with Crippen LogP contribution >= 0.6 is 11.6 Å². The first kappa shape index (κ1) is 16.3. The molecule has 1 fully saturated rings. The van der Waals surface area contributed by atoms with Gasteiger partial charge in [0.25, 0.3) is 0 Å². The smallest absolute Gasteiger partial charge is 0.142 e. The van der Waals surface area contributed by atoms with Gasteiger partial charge in [-0.05, 0) is 55.3 Å². The van der Waals surface area contributed by atoms with E-state index in [9.17, 15) is 4.39 Å². The van der Waals surface area contributed by atoms with E-state index in [2.05, 4.69) is 28.6 Å². The van der Waals surface area contributed by atoms with Gasteiger partial charge in [0.15, 0.2) is 0 Å². The second-order valence-corrected chi connectivity index (χ2v) is 7.01. The third kappa shape index (κ3) is 2.96. The second-order valence-electron chi connectivity index (χ2n) is 6.61. The van der Waals surface area contributed by atoms with Gasteiger partial charge in [0.2, 0.25) is 0 Å². The van der Waals surface area contributed by atoms with Crippen molar-refractivity contribution in [2.24, 2.45) is 0 Å². The van der Waals surface area contributed by atoms with E-state index in [1.165, 1.54) is 17.8 Å². The molecule has 5 heteroatoms. The van der Waals surface area contributed by atoms with Gasteiger partial charge in [-0.1, -0.05) is 29.8 Å². The summed E-state index contributed by atoms with van der Waals surface area (Å²) < 4.78 is 13.3. The molecule has 0 bridgehead atoms. The van der Waals surface area contributed by atoms with E-state index in [4.69, 9.17) is 11.6 Å². The van der Waals surface area contributed by atoms with Crippen LogP contribution in [0.15, 0.2) is 48.7 Å². The molecule has 0 saturated carbocycles. The van der Waals surface area contributed by atoms with Crippen molar-refractivity contribution in [3.05, 3.63) is 70.6 Å². The second kappa shape index (κ2) is 6.28. The van der Waals surface area contributed by atoms with E-state index in [1.54, 1.807) is 0 Å². The highest BCUT2D eigenvalue weighted by molar-refractivity contribution is 6.31. The van der Waals surface area contributed by atoms with Gasteiger partial charge in [0.05, 0.1) is 17.3 Å². The zero-order chi connectivity index (χ0) is 17.4. The summed E-state index contributed by atoms with van der Waals surface area (Å²) in [5.41, 5.74) is 3.83. The molecule has 0 spiro atoms.